The van der Waals surface area contributed by atoms with E-state index in [2.05, 4.69) is 17.1 Å². The van der Waals surface area contributed by atoms with Gasteiger partial charge in [0.1, 0.15) is 0 Å². The maximum absolute atomic E-state index is 12.1. The molecule has 0 aliphatic heterocycles. The number of nitrogens with zero attached hydrogens (tertiary/aromatic N) is 2. The van der Waals surface area contributed by atoms with Crippen LogP contribution in [0.2, 0.25) is 0 Å². The summed E-state index contributed by atoms with van der Waals surface area (Å²) in [5.74, 6) is 0.00882. The maximum atomic E-state index is 12.1. The molecule has 1 fully saturated rings. The van der Waals surface area contributed by atoms with Gasteiger partial charge in [-0.25, -0.2) is 0 Å². The Labute approximate surface area is 122 Å². The van der Waals surface area contributed by atoms with Crippen molar-refractivity contribution in [1.82, 2.24) is 15.1 Å². The van der Waals surface area contributed by atoms with Crippen LogP contribution >= 0.6 is 0 Å². The average Bonchev–Trinajstić information content (AvgIpc) is 3.19. The van der Waals surface area contributed by atoms with Crippen LogP contribution in [0.5, 0.6) is 0 Å². The minimum atomic E-state index is -0.0917. The van der Waals surface area contributed by atoms with Gasteiger partial charge >= 0.3 is 0 Å². The highest BCUT2D eigenvalue weighted by atomic mass is 16.2. The summed E-state index contributed by atoms with van der Waals surface area (Å²) in [5, 5.41) is 2.93. The first-order chi connectivity index (χ1) is 9.47. The minimum absolute atomic E-state index is 0.0472. The van der Waals surface area contributed by atoms with Crippen molar-refractivity contribution >= 4 is 11.8 Å². The maximum Gasteiger partial charge on any atom is 0.226 e. The Morgan fingerprint density at radius 2 is 1.80 bits per heavy atom. The van der Waals surface area contributed by atoms with E-state index in [1.54, 1.807) is 4.90 Å². The van der Waals surface area contributed by atoms with Crippen molar-refractivity contribution in [2.75, 3.05) is 40.8 Å². The molecular weight excluding hydrogens is 254 g/mol. The van der Waals surface area contributed by atoms with Crippen molar-refractivity contribution in [2.45, 2.75) is 32.6 Å². The summed E-state index contributed by atoms with van der Waals surface area (Å²) in [6.07, 6.45) is 3.77. The molecular formula is C15H29N3O2. The molecule has 2 unspecified atom stereocenters. The average molecular weight is 283 g/mol. The van der Waals surface area contributed by atoms with E-state index >= 15 is 0 Å². The van der Waals surface area contributed by atoms with Gasteiger partial charge in [-0.2, -0.15) is 0 Å². The van der Waals surface area contributed by atoms with Crippen LogP contribution in [-0.4, -0.2) is 62.4 Å². The summed E-state index contributed by atoms with van der Waals surface area (Å²) in [6, 6.07) is 0. The van der Waals surface area contributed by atoms with Gasteiger partial charge in [0.05, 0.1) is 11.8 Å². The van der Waals surface area contributed by atoms with Gasteiger partial charge in [0.2, 0.25) is 11.8 Å². The molecule has 1 rings (SSSR count). The van der Waals surface area contributed by atoms with E-state index in [1.807, 2.05) is 21.1 Å². The lowest BCUT2D eigenvalue weighted by Crippen LogP contribution is -2.33. The lowest BCUT2D eigenvalue weighted by Gasteiger charge is -2.16. The van der Waals surface area contributed by atoms with Gasteiger partial charge in [0.15, 0.2) is 0 Å². The predicted octanol–water partition coefficient (Wildman–Crippen LogP) is 0.949. The molecule has 20 heavy (non-hydrogen) atoms. The number of nitrogens with one attached hydrogen (secondary N) is 1. The Balaban J connectivity index is 2.20. The molecule has 116 valence electrons. The second-order valence-corrected chi connectivity index (χ2v) is 6.01. The standard InChI is InChI=1S/C15H29N3O2/c1-5-6-10-18(4)15(20)13-11-12(13)14(19)16-8-7-9-17(2)3/h12-13H,5-11H2,1-4H3,(H,16,19). The molecule has 1 aliphatic carbocycles. The van der Waals surface area contributed by atoms with Gasteiger partial charge in [-0.1, -0.05) is 13.3 Å². The molecule has 0 saturated heterocycles. The molecule has 2 amide bonds. The molecule has 0 bridgehead atoms. The van der Waals surface area contributed by atoms with Crippen molar-refractivity contribution in [3.8, 4) is 0 Å². The normalized spacial score (nSPS) is 20.9. The zero-order valence-corrected chi connectivity index (χ0v) is 13.3. The smallest absolute Gasteiger partial charge is 0.226 e. The molecule has 1 aliphatic rings. The summed E-state index contributed by atoms with van der Waals surface area (Å²) in [4.78, 5) is 27.9. The van der Waals surface area contributed by atoms with Crippen LogP contribution in [-0.2, 0) is 9.59 Å². The molecule has 1 N–H and O–H groups in total. The van der Waals surface area contributed by atoms with E-state index in [-0.39, 0.29) is 23.7 Å². The van der Waals surface area contributed by atoms with E-state index in [9.17, 15) is 9.59 Å². The van der Waals surface area contributed by atoms with Gasteiger partial charge < -0.3 is 15.1 Å². The van der Waals surface area contributed by atoms with Crippen LogP contribution in [0.3, 0.4) is 0 Å². The molecule has 0 aromatic rings. The zero-order valence-electron chi connectivity index (χ0n) is 13.3. The molecule has 5 heteroatoms. The van der Waals surface area contributed by atoms with E-state index in [0.717, 1.165) is 38.8 Å². The monoisotopic (exact) mass is 283 g/mol. The predicted molar refractivity (Wildman–Crippen MR) is 80.3 cm³/mol. The summed E-state index contributed by atoms with van der Waals surface area (Å²) < 4.78 is 0. The fourth-order valence-electron chi connectivity index (χ4n) is 2.28. The van der Waals surface area contributed by atoms with Crippen LogP contribution < -0.4 is 5.32 Å². The van der Waals surface area contributed by atoms with Gasteiger partial charge in [-0.3, -0.25) is 9.59 Å². The third-order valence-electron chi connectivity index (χ3n) is 3.75. The molecule has 5 nitrogen and oxygen atoms in total. The van der Waals surface area contributed by atoms with Gasteiger partial charge in [0, 0.05) is 20.1 Å². The summed E-state index contributed by atoms with van der Waals surface area (Å²) in [6.45, 7) is 4.57. The Kier molecular flexibility index (Phi) is 6.99. The third kappa shape index (κ3) is 5.49. The fraction of sp³-hybridized carbons (Fsp3) is 0.867. The van der Waals surface area contributed by atoms with E-state index in [1.165, 1.54) is 0 Å². The number of hydrogen-bond donors (Lipinski definition) is 1. The van der Waals surface area contributed by atoms with Gasteiger partial charge in [-0.15, -0.1) is 0 Å². The van der Waals surface area contributed by atoms with E-state index in [4.69, 9.17) is 0 Å². The highest BCUT2D eigenvalue weighted by Gasteiger charge is 2.48. The zero-order chi connectivity index (χ0) is 15.1. The molecule has 0 aromatic heterocycles. The summed E-state index contributed by atoms with van der Waals surface area (Å²) in [5.41, 5.74) is 0. The number of unbranched alkanes of at least 4 members (excludes halogenated alkanes) is 1. The van der Waals surface area contributed by atoms with Crippen LogP contribution in [0.4, 0.5) is 0 Å². The Morgan fingerprint density at radius 1 is 1.10 bits per heavy atom. The van der Waals surface area contributed by atoms with Crippen LogP contribution in [0.1, 0.15) is 32.6 Å². The lowest BCUT2D eigenvalue weighted by atomic mass is 10.2. The summed E-state index contributed by atoms with van der Waals surface area (Å²) >= 11 is 0. The SMILES string of the molecule is CCCCN(C)C(=O)C1CC1C(=O)NCCCN(C)C. The first-order valence-electron chi connectivity index (χ1n) is 7.64. The van der Waals surface area contributed by atoms with E-state index < -0.39 is 0 Å². The number of amides is 2. The molecule has 1 saturated carbocycles. The van der Waals surface area contributed by atoms with Crippen LogP contribution in [0.25, 0.3) is 0 Å². The first kappa shape index (κ1) is 17.0. The quantitative estimate of drug-likeness (QED) is 0.641. The van der Waals surface area contributed by atoms with Crippen LogP contribution in [0.15, 0.2) is 0 Å². The van der Waals surface area contributed by atoms with Gasteiger partial charge in [0.25, 0.3) is 0 Å². The van der Waals surface area contributed by atoms with Crippen molar-refractivity contribution in [1.29, 1.82) is 0 Å². The molecule has 2 atom stereocenters. The third-order valence-corrected chi connectivity index (χ3v) is 3.75. The number of carbonyl (C=O) groups excluding carboxylic acids is 2. The number of carbonyl (C=O) groups is 2. The molecule has 0 aromatic carbocycles. The van der Waals surface area contributed by atoms with Gasteiger partial charge in [-0.05, 0) is 39.9 Å². The molecule has 0 heterocycles. The summed E-state index contributed by atoms with van der Waals surface area (Å²) in [7, 11) is 5.87. The first-order valence-corrected chi connectivity index (χ1v) is 7.64. The van der Waals surface area contributed by atoms with Crippen molar-refractivity contribution < 1.29 is 9.59 Å². The fourth-order valence-corrected chi connectivity index (χ4v) is 2.28. The highest BCUT2D eigenvalue weighted by molar-refractivity contribution is 5.92. The molecule has 0 radical (unpaired) electrons. The lowest BCUT2D eigenvalue weighted by molar-refractivity contribution is -0.133. The Hall–Kier alpha value is -1.10. The number of rotatable bonds is 9. The number of hydrogen-bond acceptors (Lipinski definition) is 3. The topological polar surface area (TPSA) is 52.7 Å². The van der Waals surface area contributed by atoms with E-state index in [0.29, 0.717) is 6.54 Å². The largest absolute Gasteiger partial charge is 0.356 e. The Morgan fingerprint density at radius 3 is 2.40 bits per heavy atom. The second kappa shape index (κ2) is 8.25. The van der Waals surface area contributed by atoms with Crippen LogP contribution in [0, 0.1) is 11.8 Å². The minimum Gasteiger partial charge on any atom is -0.356 e. The highest BCUT2D eigenvalue weighted by Crippen LogP contribution is 2.39. The Bertz CT molecular complexity index is 331. The second-order valence-electron chi connectivity index (χ2n) is 6.01. The van der Waals surface area contributed by atoms with Crippen molar-refractivity contribution in [2.24, 2.45) is 11.8 Å². The molecule has 0 spiro atoms. The van der Waals surface area contributed by atoms with Crippen molar-refractivity contribution in [3.63, 3.8) is 0 Å². The van der Waals surface area contributed by atoms with Crippen molar-refractivity contribution in [3.05, 3.63) is 0 Å².